The summed E-state index contributed by atoms with van der Waals surface area (Å²) in [5.74, 6) is 0. The maximum Gasteiger partial charge on any atom is 0.179 e. The lowest BCUT2D eigenvalue weighted by molar-refractivity contribution is 1.19. The Kier molecular flexibility index (Phi) is 15.1. The fourth-order valence-electron chi connectivity index (χ4n) is 15.7. The Labute approximate surface area is 582 Å². The van der Waals surface area contributed by atoms with Crippen LogP contribution >= 0.6 is 11.7 Å². The lowest BCUT2D eigenvalue weighted by Gasteiger charge is -2.34. The van der Waals surface area contributed by atoms with Crippen molar-refractivity contribution >= 4 is 141 Å². The highest BCUT2D eigenvalue weighted by Crippen LogP contribution is 2.44. The van der Waals surface area contributed by atoms with Gasteiger partial charge in [0.25, 0.3) is 0 Å². The van der Waals surface area contributed by atoms with E-state index in [0.29, 0.717) is 0 Å². The number of nitrogens with zero attached hydrogens (tertiary/aromatic N) is 4. The van der Waals surface area contributed by atoms with Gasteiger partial charge in [-0.05, 0) is 170 Å². The molecule has 2 heterocycles. The molecule has 0 saturated carbocycles. The first-order chi connectivity index (χ1) is 49.1. The SMILES string of the molecule is c1ccc([Si](c2ccccc2)(c2ccccc2)c2ccc(-c3ccc(N(c4ccc(-c5ccc([Si](c6ccccc6)(c6ccccc6)c6ccccc6)cc5)cc4)c4ccc(-c5ccc6c(c5)c5ccccc5n6-c5ccc6cc7ccccc7cc6c5)c5nsnc45)cc3)cc2)cc1. The Balaban J connectivity index is 0.734. The summed E-state index contributed by atoms with van der Waals surface area (Å²) in [5.41, 5.74) is 14.8. The predicted octanol–water partition coefficient (Wildman–Crippen LogP) is 18.3. The van der Waals surface area contributed by atoms with Crippen molar-refractivity contribution in [3.8, 4) is 39.1 Å². The molecule has 18 rings (SSSR count). The molecule has 0 unspecified atom stereocenters. The van der Waals surface area contributed by atoms with E-state index in [4.69, 9.17) is 8.75 Å². The van der Waals surface area contributed by atoms with Gasteiger partial charge in [0, 0.05) is 33.4 Å². The summed E-state index contributed by atoms with van der Waals surface area (Å²) in [4.78, 5) is 2.36. The molecule has 0 amide bonds. The molecule has 0 saturated heterocycles. The molecule has 0 radical (unpaired) electrons. The molecule has 7 heteroatoms. The maximum atomic E-state index is 5.19. The zero-order valence-corrected chi connectivity index (χ0v) is 57.0. The standard InChI is InChI=1S/C92H64N4SSi2/c1-7-25-77(26-8-1)98(78-27-9-2-10-28-78,79-29-11-3-12-30-79)83-54-44-67(45-55-83)65-39-49-74(50-40-65)95(75-51-41-66(42-52-75)68-46-56-84(57-47-68)99(80-31-13-4-14-32-80,81-33-15-5-16-34-81)82-35-17-6-18-36-82)90-60-58-85(91-92(90)94-97-93-91)72-48-59-89-87(64-72)86-37-21-22-38-88(86)96(89)76-53-43-71-61-69-23-19-20-24-70(69)62-73(71)63-76/h1-64H. The van der Waals surface area contributed by atoms with Crippen LogP contribution in [0.5, 0.6) is 0 Å². The van der Waals surface area contributed by atoms with Gasteiger partial charge < -0.3 is 9.47 Å². The molecule has 2 aromatic heterocycles. The molecule has 4 nitrogen and oxygen atoms in total. The highest BCUT2D eigenvalue weighted by Gasteiger charge is 2.43. The van der Waals surface area contributed by atoms with Gasteiger partial charge >= 0.3 is 0 Å². The molecule has 0 spiro atoms. The van der Waals surface area contributed by atoms with Crippen LogP contribution < -0.4 is 46.4 Å². The van der Waals surface area contributed by atoms with Gasteiger partial charge in [-0.25, -0.2) is 0 Å². The fraction of sp³-hybridized carbons (Fsp3) is 0. The second-order valence-electron chi connectivity index (χ2n) is 25.7. The molecule has 0 bridgehead atoms. The first-order valence-electron chi connectivity index (χ1n) is 33.8. The number of benzene rings is 16. The number of para-hydroxylation sites is 1. The lowest BCUT2D eigenvalue weighted by atomic mass is 9.99. The smallest absolute Gasteiger partial charge is 0.179 e. The summed E-state index contributed by atoms with van der Waals surface area (Å²) in [6.45, 7) is 0. The van der Waals surface area contributed by atoms with E-state index in [0.717, 1.165) is 78.2 Å². The predicted molar refractivity (Wildman–Crippen MR) is 425 cm³/mol. The van der Waals surface area contributed by atoms with E-state index in [1.54, 1.807) is 0 Å². The van der Waals surface area contributed by atoms with E-state index in [9.17, 15) is 0 Å². The van der Waals surface area contributed by atoms with Crippen LogP contribution in [0.25, 0.3) is 93.5 Å². The molecule has 16 aromatic carbocycles. The zero-order chi connectivity index (χ0) is 65.7. The van der Waals surface area contributed by atoms with Crippen molar-refractivity contribution in [3.63, 3.8) is 0 Å². The summed E-state index contributed by atoms with van der Waals surface area (Å²) in [6.07, 6.45) is 0. The first kappa shape index (κ1) is 59.4. The van der Waals surface area contributed by atoms with E-state index in [-0.39, 0.29) is 0 Å². The fourth-order valence-corrected chi connectivity index (χ4v) is 25.8. The molecule has 99 heavy (non-hydrogen) atoms. The zero-order valence-electron chi connectivity index (χ0n) is 54.1. The van der Waals surface area contributed by atoms with Gasteiger partial charge in [-0.15, -0.1) is 0 Å². The van der Waals surface area contributed by atoms with E-state index in [2.05, 4.69) is 398 Å². The number of fused-ring (bicyclic) bond motifs is 6. The number of aromatic nitrogens is 3. The van der Waals surface area contributed by atoms with Gasteiger partial charge in [-0.2, -0.15) is 8.75 Å². The Morgan fingerprint density at radius 2 is 0.616 bits per heavy atom. The number of hydrogen-bond donors (Lipinski definition) is 0. The monoisotopic (exact) mass is 1310 g/mol. The Morgan fingerprint density at radius 1 is 0.253 bits per heavy atom. The number of hydrogen-bond acceptors (Lipinski definition) is 4. The topological polar surface area (TPSA) is 34.0 Å². The molecule has 0 aliphatic carbocycles. The average molecular weight is 1310 g/mol. The average Bonchev–Trinajstić information content (AvgIpc) is 1.21. The highest BCUT2D eigenvalue weighted by atomic mass is 32.1. The van der Waals surface area contributed by atoms with E-state index in [1.807, 2.05) is 0 Å². The normalized spacial score (nSPS) is 11.8. The van der Waals surface area contributed by atoms with Gasteiger partial charge in [0.05, 0.1) is 28.4 Å². The molecule has 0 atom stereocenters. The van der Waals surface area contributed by atoms with Crippen LogP contribution in [-0.2, 0) is 0 Å². The second-order valence-corrected chi connectivity index (χ2v) is 33.8. The molecule has 0 aliphatic rings. The van der Waals surface area contributed by atoms with Crippen molar-refractivity contribution in [2.24, 2.45) is 0 Å². The third-order valence-corrected chi connectivity index (χ3v) is 30.5. The van der Waals surface area contributed by atoms with Crippen molar-refractivity contribution in [3.05, 3.63) is 388 Å². The van der Waals surface area contributed by atoms with E-state index in [1.165, 1.54) is 85.5 Å². The molecular weight excluding hydrogens is 1250 g/mol. The van der Waals surface area contributed by atoms with Gasteiger partial charge in [-0.1, -0.05) is 309 Å². The minimum absolute atomic E-state index is 0.842. The van der Waals surface area contributed by atoms with Crippen LogP contribution in [0.1, 0.15) is 0 Å². The van der Waals surface area contributed by atoms with Crippen LogP contribution in [0.4, 0.5) is 17.1 Å². The summed E-state index contributed by atoms with van der Waals surface area (Å²) in [6, 6.07) is 144. The van der Waals surface area contributed by atoms with E-state index < -0.39 is 16.1 Å². The summed E-state index contributed by atoms with van der Waals surface area (Å²) < 4.78 is 12.7. The Bertz CT molecular complexity index is 5530. The maximum absolute atomic E-state index is 5.19. The van der Waals surface area contributed by atoms with Crippen molar-refractivity contribution in [2.45, 2.75) is 0 Å². The van der Waals surface area contributed by atoms with Gasteiger partial charge in [-0.3, -0.25) is 0 Å². The number of anilines is 3. The van der Waals surface area contributed by atoms with Crippen molar-refractivity contribution in [2.75, 3.05) is 4.90 Å². The number of rotatable bonds is 15. The molecular formula is C92H64N4SSi2. The third-order valence-electron chi connectivity index (χ3n) is 20.4. The third kappa shape index (κ3) is 10.2. The summed E-state index contributed by atoms with van der Waals surface area (Å²) >= 11 is 1.26. The Hall–Kier alpha value is -12.1. The minimum atomic E-state index is -2.71. The van der Waals surface area contributed by atoms with Gasteiger partial charge in [0.15, 0.2) is 16.1 Å². The molecule has 466 valence electrons. The molecule has 0 fully saturated rings. The highest BCUT2D eigenvalue weighted by molar-refractivity contribution is 7.20. The molecule has 0 N–H and O–H groups in total. The van der Waals surface area contributed by atoms with Crippen molar-refractivity contribution in [1.82, 2.24) is 13.3 Å². The van der Waals surface area contributed by atoms with Crippen molar-refractivity contribution in [1.29, 1.82) is 0 Å². The quantitative estimate of drug-likeness (QED) is 0.0583. The molecule has 18 aromatic rings. The summed E-state index contributed by atoms with van der Waals surface area (Å²) in [7, 11) is -5.41. The minimum Gasteiger partial charge on any atom is -0.309 e. The Morgan fingerprint density at radius 3 is 1.08 bits per heavy atom. The van der Waals surface area contributed by atoms with Crippen LogP contribution in [0.2, 0.25) is 0 Å². The van der Waals surface area contributed by atoms with Crippen LogP contribution in [0, 0.1) is 0 Å². The summed E-state index contributed by atoms with van der Waals surface area (Å²) in [5, 5.41) is 18.1. The largest absolute Gasteiger partial charge is 0.309 e. The first-order valence-corrected chi connectivity index (χ1v) is 38.6. The lowest BCUT2D eigenvalue weighted by Crippen LogP contribution is -2.74. The van der Waals surface area contributed by atoms with Crippen LogP contribution in [0.3, 0.4) is 0 Å². The second kappa shape index (κ2) is 25.1. The molecule has 0 aliphatic heterocycles. The van der Waals surface area contributed by atoms with Gasteiger partial charge in [0.2, 0.25) is 0 Å². The van der Waals surface area contributed by atoms with Crippen molar-refractivity contribution < 1.29 is 0 Å². The van der Waals surface area contributed by atoms with E-state index >= 15 is 0 Å². The van der Waals surface area contributed by atoms with Gasteiger partial charge in [0.1, 0.15) is 11.0 Å². The van der Waals surface area contributed by atoms with Crippen LogP contribution in [-0.4, -0.2) is 29.5 Å². The van der Waals surface area contributed by atoms with Crippen LogP contribution in [0.15, 0.2) is 388 Å².